The van der Waals surface area contributed by atoms with Gasteiger partial charge in [0.2, 0.25) is 0 Å². The predicted octanol–water partition coefficient (Wildman–Crippen LogP) is 1.80. The van der Waals surface area contributed by atoms with Gasteiger partial charge in [0.25, 0.3) is 0 Å². The van der Waals surface area contributed by atoms with E-state index in [4.69, 9.17) is 5.11 Å². The zero-order valence-corrected chi connectivity index (χ0v) is 10.9. The molecule has 1 aliphatic rings. The lowest BCUT2D eigenvalue weighted by molar-refractivity contribution is -0.136. The van der Waals surface area contributed by atoms with Crippen LogP contribution in [0, 0.1) is 0 Å². The van der Waals surface area contributed by atoms with Crippen molar-refractivity contribution in [3.05, 3.63) is 16.1 Å². The first-order valence-corrected chi connectivity index (χ1v) is 6.88. The van der Waals surface area contributed by atoms with Crippen molar-refractivity contribution in [3.63, 3.8) is 0 Å². The van der Waals surface area contributed by atoms with Gasteiger partial charge in [-0.1, -0.05) is 0 Å². The van der Waals surface area contributed by atoms with Crippen molar-refractivity contribution in [1.29, 1.82) is 0 Å². The molecular formula is C12H18N2O2S. The van der Waals surface area contributed by atoms with Crippen molar-refractivity contribution in [3.8, 4) is 0 Å². The third-order valence-corrected chi connectivity index (χ3v) is 4.20. The van der Waals surface area contributed by atoms with E-state index in [9.17, 15) is 4.79 Å². The average molecular weight is 254 g/mol. The molecule has 0 aliphatic carbocycles. The van der Waals surface area contributed by atoms with Gasteiger partial charge in [-0.3, -0.25) is 4.79 Å². The van der Waals surface area contributed by atoms with Gasteiger partial charge in [-0.25, -0.2) is 4.98 Å². The maximum atomic E-state index is 10.5. The standard InChI is InChI=1S/C12H18N2O2S/c1-14-6-2-3-10(14)7-11-13-9(8-17-11)4-5-12(15)16/h8,10H,2-7H2,1H3,(H,15,16). The summed E-state index contributed by atoms with van der Waals surface area (Å²) < 4.78 is 0. The van der Waals surface area contributed by atoms with E-state index in [1.807, 2.05) is 5.38 Å². The van der Waals surface area contributed by atoms with E-state index >= 15 is 0 Å². The number of thiazole rings is 1. The second kappa shape index (κ2) is 5.60. The lowest BCUT2D eigenvalue weighted by Crippen LogP contribution is -2.26. The van der Waals surface area contributed by atoms with Gasteiger partial charge in [0, 0.05) is 24.3 Å². The molecule has 0 saturated carbocycles. The number of likely N-dealkylation sites (N-methyl/N-ethyl adjacent to an activating group) is 1. The Balaban J connectivity index is 1.87. The Bertz CT molecular complexity index is 392. The lowest BCUT2D eigenvalue weighted by atomic mass is 10.1. The van der Waals surface area contributed by atoms with E-state index in [-0.39, 0.29) is 6.42 Å². The molecule has 4 nitrogen and oxygen atoms in total. The number of carboxylic acid groups (broad SMARTS) is 1. The Kier molecular flexibility index (Phi) is 4.12. The van der Waals surface area contributed by atoms with Crippen LogP contribution in [0.25, 0.3) is 0 Å². The molecule has 1 aromatic rings. The van der Waals surface area contributed by atoms with Gasteiger partial charge in [-0.15, -0.1) is 11.3 Å². The Morgan fingerprint density at radius 2 is 2.53 bits per heavy atom. The fourth-order valence-corrected chi connectivity index (χ4v) is 3.13. The number of rotatable bonds is 5. The summed E-state index contributed by atoms with van der Waals surface area (Å²) in [5, 5.41) is 11.8. The molecule has 1 aromatic heterocycles. The number of hydrogen-bond acceptors (Lipinski definition) is 4. The van der Waals surface area contributed by atoms with Gasteiger partial charge in [0.15, 0.2) is 0 Å². The maximum Gasteiger partial charge on any atom is 0.303 e. The molecule has 1 unspecified atom stereocenters. The third-order valence-electron chi connectivity index (χ3n) is 3.28. The first-order valence-electron chi connectivity index (χ1n) is 6.00. The van der Waals surface area contributed by atoms with Crippen LogP contribution in [0.2, 0.25) is 0 Å². The van der Waals surface area contributed by atoms with Crippen molar-refractivity contribution in [2.45, 2.75) is 38.1 Å². The number of aliphatic carboxylic acids is 1. The molecule has 1 fully saturated rings. The SMILES string of the molecule is CN1CCCC1Cc1nc(CCC(=O)O)cs1. The first-order chi connectivity index (χ1) is 8.15. The number of carboxylic acids is 1. The minimum atomic E-state index is -0.755. The number of aryl methyl sites for hydroxylation is 1. The minimum Gasteiger partial charge on any atom is -0.481 e. The summed E-state index contributed by atoms with van der Waals surface area (Å²) in [6, 6.07) is 0.619. The predicted molar refractivity (Wildman–Crippen MR) is 67.4 cm³/mol. The van der Waals surface area contributed by atoms with E-state index in [0.29, 0.717) is 12.5 Å². The Morgan fingerprint density at radius 3 is 3.18 bits per heavy atom. The molecule has 17 heavy (non-hydrogen) atoms. The number of carbonyl (C=O) groups is 1. The fraction of sp³-hybridized carbons (Fsp3) is 0.667. The van der Waals surface area contributed by atoms with Gasteiger partial charge >= 0.3 is 5.97 Å². The molecule has 1 saturated heterocycles. The molecule has 0 bridgehead atoms. The molecule has 1 atom stereocenters. The van der Waals surface area contributed by atoms with Crippen LogP contribution in [-0.4, -0.2) is 40.6 Å². The molecule has 1 N–H and O–H groups in total. The van der Waals surface area contributed by atoms with Crippen molar-refractivity contribution in [2.24, 2.45) is 0 Å². The zero-order valence-electron chi connectivity index (χ0n) is 10.1. The summed E-state index contributed by atoms with van der Waals surface area (Å²) >= 11 is 1.66. The summed E-state index contributed by atoms with van der Waals surface area (Å²) in [5.74, 6) is -0.755. The molecular weight excluding hydrogens is 236 g/mol. The average Bonchev–Trinajstić information content (AvgIpc) is 2.87. The molecule has 2 heterocycles. The van der Waals surface area contributed by atoms with Crippen LogP contribution in [0.1, 0.15) is 30.0 Å². The molecule has 94 valence electrons. The molecule has 2 rings (SSSR count). The van der Waals surface area contributed by atoms with Crippen molar-refractivity contribution in [1.82, 2.24) is 9.88 Å². The Hall–Kier alpha value is -0.940. The second-order valence-electron chi connectivity index (χ2n) is 4.61. The molecule has 0 amide bonds. The number of hydrogen-bond donors (Lipinski definition) is 1. The summed E-state index contributed by atoms with van der Waals surface area (Å²) in [5.41, 5.74) is 0.924. The minimum absolute atomic E-state index is 0.173. The normalized spacial score (nSPS) is 20.9. The van der Waals surface area contributed by atoms with Gasteiger partial charge in [0.1, 0.15) is 0 Å². The second-order valence-corrected chi connectivity index (χ2v) is 5.55. The smallest absolute Gasteiger partial charge is 0.303 e. The third kappa shape index (κ3) is 3.51. The zero-order chi connectivity index (χ0) is 12.3. The van der Waals surface area contributed by atoms with E-state index in [2.05, 4.69) is 16.9 Å². The lowest BCUT2D eigenvalue weighted by Gasteiger charge is -2.17. The molecule has 5 heteroatoms. The van der Waals surface area contributed by atoms with Crippen LogP contribution in [0.4, 0.5) is 0 Å². The highest BCUT2D eigenvalue weighted by atomic mass is 32.1. The summed E-state index contributed by atoms with van der Waals surface area (Å²) in [6.45, 7) is 1.18. The van der Waals surface area contributed by atoms with Gasteiger partial charge in [-0.05, 0) is 26.4 Å². The molecule has 0 radical (unpaired) electrons. The van der Waals surface area contributed by atoms with Crippen LogP contribution in [0.5, 0.6) is 0 Å². The van der Waals surface area contributed by atoms with Crippen LogP contribution >= 0.6 is 11.3 Å². The molecule has 0 aromatic carbocycles. The summed E-state index contributed by atoms with van der Waals surface area (Å²) in [7, 11) is 2.16. The van der Waals surface area contributed by atoms with Crippen molar-refractivity contribution in [2.75, 3.05) is 13.6 Å². The van der Waals surface area contributed by atoms with E-state index in [1.165, 1.54) is 19.4 Å². The molecule has 1 aliphatic heterocycles. The van der Waals surface area contributed by atoms with Gasteiger partial charge < -0.3 is 10.0 Å². The van der Waals surface area contributed by atoms with E-state index in [1.54, 1.807) is 11.3 Å². The maximum absolute atomic E-state index is 10.5. The van der Waals surface area contributed by atoms with Crippen LogP contribution in [-0.2, 0) is 17.6 Å². The van der Waals surface area contributed by atoms with E-state index in [0.717, 1.165) is 17.1 Å². The monoisotopic (exact) mass is 254 g/mol. The number of aromatic nitrogens is 1. The van der Waals surface area contributed by atoms with Crippen LogP contribution in [0.3, 0.4) is 0 Å². The van der Waals surface area contributed by atoms with Gasteiger partial charge in [0.05, 0.1) is 17.1 Å². The highest BCUT2D eigenvalue weighted by Crippen LogP contribution is 2.21. The Labute approximate surface area is 105 Å². The summed E-state index contributed by atoms with van der Waals surface area (Å²) in [6.07, 6.45) is 4.26. The highest BCUT2D eigenvalue weighted by Gasteiger charge is 2.22. The van der Waals surface area contributed by atoms with Crippen molar-refractivity contribution < 1.29 is 9.90 Å². The quantitative estimate of drug-likeness (QED) is 0.870. The largest absolute Gasteiger partial charge is 0.481 e. The van der Waals surface area contributed by atoms with E-state index < -0.39 is 5.97 Å². The fourth-order valence-electron chi connectivity index (χ4n) is 2.23. The number of nitrogens with zero attached hydrogens (tertiary/aromatic N) is 2. The van der Waals surface area contributed by atoms with Crippen LogP contribution < -0.4 is 0 Å². The highest BCUT2D eigenvalue weighted by molar-refractivity contribution is 7.09. The summed E-state index contributed by atoms with van der Waals surface area (Å²) in [4.78, 5) is 17.4. The van der Waals surface area contributed by atoms with Crippen LogP contribution in [0.15, 0.2) is 5.38 Å². The van der Waals surface area contributed by atoms with Crippen molar-refractivity contribution >= 4 is 17.3 Å². The molecule has 0 spiro atoms. The topological polar surface area (TPSA) is 53.4 Å². The Morgan fingerprint density at radius 1 is 1.71 bits per heavy atom. The van der Waals surface area contributed by atoms with Gasteiger partial charge in [-0.2, -0.15) is 0 Å². The number of likely N-dealkylation sites (tertiary alicyclic amines) is 1. The first kappa shape index (κ1) is 12.5.